The van der Waals surface area contributed by atoms with Crippen molar-refractivity contribution in [3.05, 3.63) is 25.7 Å². The minimum absolute atomic E-state index is 0.216. The van der Waals surface area contributed by atoms with Gasteiger partial charge in [0.1, 0.15) is 0 Å². The zero-order chi connectivity index (χ0) is 12.5. The van der Waals surface area contributed by atoms with E-state index >= 15 is 0 Å². The molecule has 0 fully saturated rings. The molecule has 16 heavy (non-hydrogen) atoms. The summed E-state index contributed by atoms with van der Waals surface area (Å²) in [5.41, 5.74) is -2.42. The van der Waals surface area contributed by atoms with Gasteiger partial charge in [-0.15, -0.1) is 13.2 Å². The molecule has 0 amide bonds. The molecule has 0 spiro atoms. The van der Waals surface area contributed by atoms with Crippen LogP contribution in [0.1, 0.15) is 12.0 Å². The van der Waals surface area contributed by atoms with E-state index in [1.165, 1.54) is 22.6 Å². The van der Waals surface area contributed by atoms with E-state index in [0.717, 1.165) is 6.20 Å². The van der Waals surface area contributed by atoms with Crippen LogP contribution in [0.4, 0.5) is 22.0 Å². The third kappa shape index (κ3) is 3.06. The summed E-state index contributed by atoms with van der Waals surface area (Å²) in [7, 11) is 0. The molecule has 0 bridgehead atoms. The van der Waals surface area contributed by atoms with Gasteiger partial charge < -0.3 is 9.72 Å². The molecule has 9 heteroatoms. The first-order valence-electron chi connectivity index (χ1n) is 3.67. The summed E-state index contributed by atoms with van der Waals surface area (Å²) in [6.07, 6.45) is -7.54. The first kappa shape index (κ1) is 13.2. The van der Waals surface area contributed by atoms with Crippen LogP contribution >= 0.6 is 22.6 Å². The van der Waals surface area contributed by atoms with Crippen molar-refractivity contribution >= 4 is 22.6 Å². The fourth-order valence-electron chi connectivity index (χ4n) is 0.923. The van der Waals surface area contributed by atoms with Crippen molar-refractivity contribution in [1.82, 2.24) is 4.98 Å². The highest BCUT2D eigenvalue weighted by molar-refractivity contribution is 14.1. The fourth-order valence-corrected chi connectivity index (χ4v) is 1.56. The van der Waals surface area contributed by atoms with Crippen molar-refractivity contribution in [2.75, 3.05) is 0 Å². The molecule has 1 heterocycles. The Hall–Kier alpha value is -0.870. The molecule has 0 aliphatic rings. The zero-order valence-electron chi connectivity index (χ0n) is 7.24. The van der Waals surface area contributed by atoms with E-state index in [4.69, 9.17) is 0 Å². The molecule has 0 radical (unpaired) electrons. The van der Waals surface area contributed by atoms with Crippen LogP contribution in [0.3, 0.4) is 0 Å². The van der Waals surface area contributed by atoms with Gasteiger partial charge >= 0.3 is 6.36 Å². The van der Waals surface area contributed by atoms with Crippen LogP contribution in [-0.2, 0) is 0 Å². The van der Waals surface area contributed by atoms with E-state index in [0.29, 0.717) is 0 Å². The van der Waals surface area contributed by atoms with Gasteiger partial charge in [-0.25, -0.2) is 8.78 Å². The molecule has 1 aromatic heterocycles. The number of hydrogen-bond donors (Lipinski definition) is 1. The first-order chi connectivity index (χ1) is 7.22. The van der Waals surface area contributed by atoms with Crippen LogP contribution in [0.15, 0.2) is 11.0 Å². The van der Waals surface area contributed by atoms with Crippen molar-refractivity contribution in [1.29, 1.82) is 0 Å². The van der Waals surface area contributed by atoms with Gasteiger partial charge in [-0.3, -0.25) is 4.79 Å². The van der Waals surface area contributed by atoms with E-state index in [2.05, 4.69) is 4.74 Å². The van der Waals surface area contributed by atoms with Crippen LogP contribution in [0.25, 0.3) is 0 Å². The van der Waals surface area contributed by atoms with Crippen LogP contribution in [-0.4, -0.2) is 11.3 Å². The third-order valence-corrected chi connectivity index (χ3v) is 2.37. The molecular weight excluding hydrogens is 352 g/mol. The number of pyridine rings is 1. The maximum atomic E-state index is 12.4. The van der Waals surface area contributed by atoms with E-state index in [1.807, 2.05) is 4.98 Å². The van der Waals surface area contributed by atoms with Gasteiger partial charge in [0.25, 0.3) is 12.0 Å². The van der Waals surface area contributed by atoms with Crippen molar-refractivity contribution in [2.24, 2.45) is 0 Å². The lowest BCUT2D eigenvalue weighted by Crippen LogP contribution is -2.24. The highest BCUT2D eigenvalue weighted by Crippen LogP contribution is 2.32. The lowest BCUT2D eigenvalue weighted by molar-refractivity contribution is -0.275. The van der Waals surface area contributed by atoms with Crippen LogP contribution in [0.2, 0.25) is 0 Å². The Morgan fingerprint density at radius 3 is 2.38 bits per heavy atom. The number of ether oxygens (including phenoxy) is 1. The summed E-state index contributed by atoms with van der Waals surface area (Å²) in [6, 6.07) is 0. The van der Waals surface area contributed by atoms with Gasteiger partial charge in [0.2, 0.25) is 5.75 Å². The second kappa shape index (κ2) is 4.55. The van der Waals surface area contributed by atoms with Gasteiger partial charge in [-0.05, 0) is 22.6 Å². The Bertz CT molecular complexity index is 441. The number of rotatable bonds is 2. The topological polar surface area (TPSA) is 42.1 Å². The van der Waals surface area contributed by atoms with Gasteiger partial charge in [0, 0.05) is 9.77 Å². The minimum atomic E-state index is -5.19. The van der Waals surface area contributed by atoms with Gasteiger partial charge in [-0.2, -0.15) is 0 Å². The number of hydrogen-bond acceptors (Lipinski definition) is 2. The zero-order valence-corrected chi connectivity index (χ0v) is 9.40. The smallest absolute Gasteiger partial charge is 0.399 e. The lowest BCUT2D eigenvalue weighted by atomic mass is 10.2. The fraction of sp³-hybridized carbons (Fsp3) is 0.286. The van der Waals surface area contributed by atoms with Crippen LogP contribution in [0, 0.1) is 3.57 Å². The van der Waals surface area contributed by atoms with Crippen LogP contribution < -0.4 is 10.3 Å². The molecule has 0 aliphatic heterocycles. The third-order valence-electron chi connectivity index (χ3n) is 1.47. The Labute approximate surface area is 98.7 Å². The molecule has 0 unspecified atom stereocenters. The highest BCUT2D eigenvalue weighted by Gasteiger charge is 2.35. The second-order valence-electron chi connectivity index (χ2n) is 2.56. The first-order valence-corrected chi connectivity index (χ1v) is 4.75. The molecule has 1 rings (SSSR count). The number of aromatic amines is 1. The lowest BCUT2D eigenvalue weighted by Gasteiger charge is -2.12. The summed E-state index contributed by atoms with van der Waals surface area (Å²) in [5.74, 6) is -1.42. The van der Waals surface area contributed by atoms with E-state index in [9.17, 15) is 26.7 Å². The van der Waals surface area contributed by atoms with Crippen molar-refractivity contribution < 1.29 is 26.7 Å². The quantitative estimate of drug-likeness (QED) is 0.655. The average molecular weight is 355 g/mol. The number of H-pyrrole nitrogens is 1. The average Bonchev–Trinajstić information content (AvgIpc) is 2.08. The molecule has 3 nitrogen and oxygen atoms in total. The second-order valence-corrected chi connectivity index (χ2v) is 3.72. The molecule has 0 aromatic carbocycles. The molecule has 0 saturated heterocycles. The predicted molar refractivity (Wildman–Crippen MR) is 51.4 cm³/mol. The minimum Gasteiger partial charge on any atom is -0.399 e. The molecule has 1 N–H and O–H groups in total. The predicted octanol–water partition coefficient (Wildman–Crippen LogP) is 2.82. The normalized spacial score (nSPS) is 11.9. The summed E-state index contributed by atoms with van der Waals surface area (Å²) < 4.78 is 63.6. The van der Waals surface area contributed by atoms with Gasteiger partial charge in [0.15, 0.2) is 0 Å². The van der Waals surface area contributed by atoms with E-state index in [-0.39, 0.29) is 3.57 Å². The highest BCUT2D eigenvalue weighted by atomic mass is 127. The SMILES string of the molecule is O=c1[nH]cc(I)c(C(F)F)c1OC(F)(F)F. The maximum Gasteiger partial charge on any atom is 0.573 e. The Morgan fingerprint density at radius 2 is 1.94 bits per heavy atom. The standard InChI is InChI=1S/C7H3F5INO2/c8-5(9)3-2(13)1-14-6(15)4(3)16-7(10,11)12/h1,5H,(H,14,15). The van der Waals surface area contributed by atoms with Crippen LogP contribution in [0.5, 0.6) is 5.75 Å². The number of alkyl halides is 5. The largest absolute Gasteiger partial charge is 0.573 e. The van der Waals surface area contributed by atoms with Crippen molar-refractivity contribution in [2.45, 2.75) is 12.8 Å². The molecule has 0 atom stereocenters. The summed E-state index contributed by atoms with van der Waals surface area (Å²) in [6.45, 7) is 0. The number of halogens is 6. The molecule has 1 aromatic rings. The Morgan fingerprint density at radius 1 is 1.38 bits per heavy atom. The molecule has 0 saturated carbocycles. The van der Waals surface area contributed by atoms with Crippen molar-refractivity contribution in [3.63, 3.8) is 0 Å². The summed E-state index contributed by atoms with van der Waals surface area (Å²) in [5, 5.41) is 0. The van der Waals surface area contributed by atoms with E-state index < -0.39 is 29.7 Å². The van der Waals surface area contributed by atoms with Crippen molar-refractivity contribution in [3.8, 4) is 5.75 Å². The molecule has 0 aliphatic carbocycles. The van der Waals surface area contributed by atoms with E-state index in [1.54, 1.807) is 0 Å². The summed E-state index contributed by atoms with van der Waals surface area (Å²) in [4.78, 5) is 12.8. The number of aromatic nitrogens is 1. The molecule has 90 valence electrons. The Kier molecular flexibility index (Phi) is 3.76. The molecular formula is C7H3F5INO2. The summed E-state index contributed by atoms with van der Waals surface area (Å²) >= 11 is 1.37. The maximum absolute atomic E-state index is 12.4. The number of nitrogens with one attached hydrogen (secondary N) is 1. The van der Waals surface area contributed by atoms with Gasteiger partial charge in [0.05, 0.1) is 5.56 Å². The van der Waals surface area contributed by atoms with Gasteiger partial charge in [-0.1, -0.05) is 0 Å². The monoisotopic (exact) mass is 355 g/mol. The Balaban J connectivity index is 3.35.